The Hall–Kier alpha value is -4.13. The van der Waals surface area contributed by atoms with Gasteiger partial charge in [-0.25, -0.2) is 5.48 Å². The first-order valence-electron chi connectivity index (χ1n) is 12.8. The molecule has 1 amide bonds. The Bertz CT molecular complexity index is 1600. The van der Waals surface area contributed by atoms with E-state index < -0.39 is 5.91 Å². The van der Waals surface area contributed by atoms with Crippen molar-refractivity contribution < 1.29 is 10.0 Å². The number of para-hydroxylation sites is 1. The lowest BCUT2D eigenvalue weighted by molar-refractivity contribution is -0.124. The summed E-state index contributed by atoms with van der Waals surface area (Å²) in [5, 5.41) is 11.3. The molecule has 0 saturated carbocycles. The van der Waals surface area contributed by atoms with Crippen LogP contribution < -0.4 is 5.48 Å². The minimum absolute atomic E-state index is 0.332. The Kier molecular flexibility index (Phi) is 6.35. The highest BCUT2D eigenvalue weighted by Crippen LogP contribution is 2.38. The number of nitrogens with one attached hydrogen (secondary N) is 3. The molecule has 0 aliphatic heterocycles. The van der Waals surface area contributed by atoms with Crippen LogP contribution in [0.1, 0.15) is 40.3 Å². The fraction of sp³-hybridized carbons (Fsp3) is 0.194. The second-order valence-electron chi connectivity index (χ2n) is 9.80. The number of aryl methyl sites for hydroxylation is 1. The zero-order valence-corrected chi connectivity index (χ0v) is 20.6. The number of hydrogen-bond acceptors (Lipinski definition) is 3. The molecule has 37 heavy (non-hydrogen) atoms. The number of benzene rings is 3. The van der Waals surface area contributed by atoms with Crippen LogP contribution in [0.2, 0.25) is 0 Å². The number of hydrogen-bond donors (Lipinski definition) is 4. The molecular formula is C31H30N4O2. The summed E-state index contributed by atoms with van der Waals surface area (Å²) in [6.07, 6.45) is 10.3. The van der Waals surface area contributed by atoms with Gasteiger partial charge < -0.3 is 9.97 Å². The van der Waals surface area contributed by atoms with Crippen molar-refractivity contribution >= 4 is 33.8 Å². The van der Waals surface area contributed by atoms with Gasteiger partial charge in [-0.2, -0.15) is 0 Å². The zero-order valence-electron chi connectivity index (χ0n) is 20.6. The first-order valence-corrected chi connectivity index (χ1v) is 12.8. The molecule has 0 spiro atoms. The van der Waals surface area contributed by atoms with Gasteiger partial charge in [-0.3, -0.25) is 14.9 Å². The molecule has 6 nitrogen and oxygen atoms in total. The summed E-state index contributed by atoms with van der Waals surface area (Å²) in [6, 6.07) is 24.1. The van der Waals surface area contributed by atoms with E-state index in [1.54, 1.807) is 11.6 Å². The molecular weight excluding hydrogens is 460 g/mol. The van der Waals surface area contributed by atoms with Crippen LogP contribution in [0.4, 0.5) is 0 Å². The quantitative estimate of drug-likeness (QED) is 0.124. The topological polar surface area (TPSA) is 84.2 Å². The smallest absolute Gasteiger partial charge is 0.267 e. The fourth-order valence-corrected chi connectivity index (χ4v) is 5.68. The van der Waals surface area contributed by atoms with E-state index in [-0.39, 0.29) is 0 Å². The standard InChI is InChI=1S/C31H30N4O2/c36-31(34-37)12-7-21-6-10-27-24(17-21)9-11-30(27)35(20-22-5-8-23-13-15-32-29(23)18-22)16-14-25-19-33-28-4-2-1-3-26(25)28/h1-8,10,12-13,15,17-19,30,32-33,37H,9,11,14,16,20H2,(H,34,36)/b12-7+. The van der Waals surface area contributed by atoms with Crippen LogP contribution >= 0.6 is 0 Å². The van der Waals surface area contributed by atoms with Crippen molar-refractivity contribution in [2.75, 3.05) is 6.54 Å². The molecule has 1 unspecified atom stereocenters. The van der Waals surface area contributed by atoms with E-state index in [4.69, 9.17) is 5.21 Å². The van der Waals surface area contributed by atoms with Gasteiger partial charge in [0.25, 0.3) is 5.91 Å². The van der Waals surface area contributed by atoms with E-state index in [0.717, 1.165) is 37.9 Å². The highest BCUT2D eigenvalue weighted by atomic mass is 16.5. The first-order chi connectivity index (χ1) is 18.2. The van der Waals surface area contributed by atoms with Crippen LogP contribution in [0.3, 0.4) is 0 Å². The van der Waals surface area contributed by atoms with Crippen LogP contribution in [0, 0.1) is 0 Å². The van der Waals surface area contributed by atoms with Crippen LogP contribution in [0.15, 0.2) is 85.2 Å². The van der Waals surface area contributed by atoms with Gasteiger partial charge in [0.15, 0.2) is 0 Å². The van der Waals surface area contributed by atoms with Crippen molar-refractivity contribution in [2.24, 2.45) is 0 Å². The molecule has 4 N–H and O–H groups in total. The molecule has 0 saturated heterocycles. The summed E-state index contributed by atoms with van der Waals surface area (Å²) in [7, 11) is 0. The highest BCUT2D eigenvalue weighted by Gasteiger charge is 2.28. The van der Waals surface area contributed by atoms with Crippen LogP contribution in [-0.2, 0) is 24.2 Å². The third kappa shape index (κ3) is 4.81. The van der Waals surface area contributed by atoms with Crippen molar-refractivity contribution in [2.45, 2.75) is 31.8 Å². The second kappa shape index (κ2) is 10.1. The van der Waals surface area contributed by atoms with Gasteiger partial charge in [-0.1, -0.05) is 48.5 Å². The molecule has 2 heterocycles. The predicted octanol–water partition coefficient (Wildman–Crippen LogP) is 5.90. The predicted molar refractivity (Wildman–Crippen MR) is 147 cm³/mol. The van der Waals surface area contributed by atoms with E-state index >= 15 is 0 Å². The third-order valence-corrected chi connectivity index (χ3v) is 7.54. The van der Waals surface area contributed by atoms with Gasteiger partial charge in [-0.15, -0.1) is 0 Å². The minimum atomic E-state index is -0.527. The third-order valence-electron chi connectivity index (χ3n) is 7.54. The van der Waals surface area contributed by atoms with Gasteiger partial charge in [0.2, 0.25) is 0 Å². The molecule has 1 aliphatic carbocycles. The van der Waals surface area contributed by atoms with Crippen molar-refractivity contribution in [1.82, 2.24) is 20.3 Å². The number of H-pyrrole nitrogens is 2. The minimum Gasteiger partial charge on any atom is -0.361 e. The molecule has 1 aliphatic rings. The Morgan fingerprint density at radius 1 is 1.05 bits per heavy atom. The fourth-order valence-electron chi connectivity index (χ4n) is 5.68. The number of carbonyl (C=O) groups excluding carboxylic acids is 1. The summed E-state index contributed by atoms with van der Waals surface area (Å²) >= 11 is 0. The second-order valence-corrected chi connectivity index (χ2v) is 9.80. The lowest BCUT2D eigenvalue weighted by Crippen LogP contribution is -2.29. The van der Waals surface area contributed by atoms with Gasteiger partial charge in [-0.05, 0) is 76.7 Å². The number of rotatable bonds is 8. The molecule has 3 aromatic carbocycles. The van der Waals surface area contributed by atoms with E-state index in [9.17, 15) is 4.79 Å². The molecule has 0 fully saturated rings. The largest absolute Gasteiger partial charge is 0.361 e. The van der Waals surface area contributed by atoms with Crippen LogP contribution in [-0.4, -0.2) is 32.5 Å². The number of carbonyl (C=O) groups is 1. The SMILES string of the molecule is O=C(/C=C/c1ccc2c(c1)CCC2N(CCc1c[nH]c2ccccc12)Cc1ccc2cc[nH]c2c1)NO. The molecule has 6 rings (SSSR count). The van der Waals surface area contributed by atoms with E-state index in [1.807, 2.05) is 6.20 Å². The molecule has 0 radical (unpaired) electrons. The number of hydroxylamine groups is 1. The number of fused-ring (bicyclic) bond motifs is 3. The molecule has 5 aromatic rings. The summed E-state index contributed by atoms with van der Waals surface area (Å²) in [5.74, 6) is -0.527. The van der Waals surface area contributed by atoms with Gasteiger partial charge in [0.05, 0.1) is 0 Å². The summed E-state index contributed by atoms with van der Waals surface area (Å²) in [6.45, 7) is 1.83. The Morgan fingerprint density at radius 2 is 1.97 bits per heavy atom. The van der Waals surface area contributed by atoms with Crippen molar-refractivity contribution in [1.29, 1.82) is 0 Å². The Balaban J connectivity index is 1.28. The maximum absolute atomic E-state index is 11.4. The van der Waals surface area contributed by atoms with Crippen molar-refractivity contribution in [3.05, 3.63) is 113 Å². The average Bonchev–Trinajstić information content (AvgIpc) is 3.67. The summed E-state index contributed by atoms with van der Waals surface area (Å²) in [4.78, 5) is 20.8. The monoisotopic (exact) mass is 490 g/mol. The van der Waals surface area contributed by atoms with Crippen molar-refractivity contribution in [3.63, 3.8) is 0 Å². The van der Waals surface area contributed by atoms with Crippen molar-refractivity contribution in [3.8, 4) is 0 Å². The number of aromatic amines is 2. The number of amides is 1. The Morgan fingerprint density at radius 3 is 2.89 bits per heavy atom. The molecule has 6 heteroatoms. The van der Waals surface area contributed by atoms with Gasteiger partial charge in [0.1, 0.15) is 0 Å². The summed E-state index contributed by atoms with van der Waals surface area (Å²) < 4.78 is 0. The lowest BCUT2D eigenvalue weighted by atomic mass is 10.0. The highest BCUT2D eigenvalue weighted by molar-refractivity contribution is 5.90. The maximum atomic E-state index is 11.4. The molecule has 186 valence electrons. The molecule has 0 bridgehead atoms. The number of aromatic nitrogens is 2. The van der Waals surface area contributed by atoms with Crippen LogP contribution in [0.25, 0.3) is 27.9 Å². The van der Waals surface area contributed by atoms with E-state index in [2.05, 4.69) is 87.8 Å². The molecule has 2 aromatic heterocycles. The zero-order chi connectivity index (χ0) is 25.2. The maximum Gasteiger partial charge on any atom is 0.267 e. The van der Waals surface area contributed by atoms with Gasteiger partial charge in [0, 0.05) is 54.0 Å². The Labute approximate surface area is 215 Å². The van der Waals surface area contributed by atoms with E-state index in [1.165, 1.54) is 50.1 Å². The average molecular weight is 491 g/mol. The number of nitrogens with zero attached hydrogens (tertiary/aromatic N) is 1. The summed E-state index contributed by atoms with van der Waals surface area (Å²) in [5.41, 5.74) is 10.3. The van der Waals surface area contributed by atoms with E-state index in [0.29, 0.717) is 6.04 Å². The van der Waals surface area contributed by atoms with Gasteiger partial charge >= 0.3 is 0 Å². The first kappa shape index (κ1) is 23.3. The normalized spacial score (nSPS) is 15.2. The van der Waals surface area contributed by atoms with Crippen LogP contribution in [0.5, 0.6) is 0 Å². The molecule has 1 atom stereocenters. The lowest BCUT2D eigenvalue weighted by Gasteiger charge is -2.30.